The number of carbonyl (C=O) groups is 1. The number of nitrogens with zero attached hydrogens (tertiary/aromatic N) is 2. The first-order valence-electron chi connectivity index (χ1n) is 3.63. The third kappa shape index (κ3) is 2.54. The molecule has 0 saturated carbocycles. The predicted molar refractivity (Wildman–Crippen MR) is 52.2 cm³/mol. The van der Waals surface area contributed by atoms with Crippen molar-refractivity contribution in [2.75, 3.05) is 6.26 Å². The number of benzene rings is 1. The van der Waals surface area contributed by atoms with Crippen LogP contribution in [0.25, 0.3) is 5.53 Å². The van der Waals surface area contributed by atoms with Crippen LogP contribution in [0.15, 0.2) is 29.2 Å². The maximum atomic E-state index is 11.1. The van der Waals surface area contributed by atoms with E-state index < -0.39 is 0 Å². The standard InChI is InChI=1S/C9H8N2OS/c1-13-8-4-2-7(3-5-8)9(12)6-11-10/h2-6H,1H3. The Hall–Kier alpha value is -1.38. The van der Waals surface area contributed by atoms with Crippen LogP contribution in [0.5, 0.6) is 0 Å². The third-order valence-corrected chi connectivity index (χ3v) is 2.29. The second-order valence-corrected chi connectivity index (χ2v) is 3.22. The van der Waals surface area contributed by atoms with Crippen LogP contribution in [0.1, 0.15) is 10.4 Å². The van der Waals surface area contributed by atoms with Crippen molar-refractivity contribution in [1.29, 1.82) is 0 Å². The summed E-state index contributed by atoms with van der Waals surface area (Å²) in [5, 5.41) is 0. The summed E-state index contributed by atoms with van der Waals surface area (Å²) in [5.74, 6) is -0.296. The number of ketones is 1. The molecule has 1 aromatic rings. The number of thioether (sulfide) groups is 1. The smallest absolute Gasteiger partial charge is 0.328 e. The molecule has 0 heterocycles. The van der Waals surface area contributed by atoms with Crippen molar-refractivity contribution in [3.8, 4) is 0 Å². The van der Waals surface area contributed by atoms with Crippen molar-refractivity contribution in [3.05, 3.63) is 35.4 Å². The number of carbonyl (C=O) groups excluding carboxylic acids is 1. The van der Waals surface area contributed by atoms with Gasteiger partial charge in [-0.05, 0) is 30.5 Å². The Morgan fingerprint density at radius 2 is 2.08 bits per heavy atom. The Balaban J connectivity index is 2.92. The van der Waals surface area contributed by atoms with Gasteiger partial charge in [-0.1, -0.05) is 0 Å². The van der Waals surface area contributed by atoms with Crippen LogP contribution >= 0.6 is 11.8 Å². The highest BCUT2D eigenvalue weighted by Gasteiger charge is 2.05. The SMILES string of the molecule is CSc1ccc(C(=O)C=[N+]=[N-])cc1. The second kappa shape index (κ2) is 4.60. The van der Waals surface area contributed by atoms with E-state index >= 15 is 0 Å². The molecule has 0 N–H and O–H groups in total. The van der Waals surface area contributed by atoms with Crippen LogP contribution in [0.2, 0.25) is 0 Å². The van der Waals surface area contributed by atoms with E-state index in [9.17, 15) is 4.79 Å². The maximum absolute atomic E-state index is 11.1. The molecule has 13 heavy (non-hydrogen) atoms. The van der Waals surface area contributed by atoms with Crippen molar-refractivity contribution in [2.24, 2.45) is 0 Å². The van der Waals surface area contributed by atoms with Gasteiger partial charge in [-0.15, -0.1) is 11.8 Å². The Bertz CT molecular complexity index is 352. The van der Waals surface area contributed by atoms with Gasteiger partial charge in [-0.2, -0.15) is 4.79 Å². The highest BCUT2D eigenvalue weighted by molar-refractivity contribution is 7.98. The van der Waals surface area contributed by atoms with Crippen LogP contribution in [0.3, 0.4) is 0 Å². The molecule has 0 aromatic heterocycles. The molecule has 0 spiro atoms. The molecule has 0 bridgehead atoms. The van der Waals surface area contributed by atoms with Crippen LogP contribution in [-0.2, 0) is 0 Å². The van der Waals surface area contributed by atoms with E-state index in [1.807, 2.05) is 18.4 Å². The summed E-state index contributed by atoms with van der Waals surface area (Å²) >= 11 is 1.61. The lowest BCUT2D eigenvalue weighted by atomic mass is 10.1. The minimum Gasteiger partial charge on any atom is -0.361 e. The minimum atomic E-state index is -0.296. The quantitative estimate of drug-likeness (QED) is 0.241. The van der Waals surface area contributed by atoms with Gasteiger partial charge in [-0.3, -0.25) is 4.79 Å². The summed E-state index contributed by atoms with van der Waals surface area (Å²) in [6.07, 6.45) is 2.85. The number of rotatable bonds is 3. The Kier molecular flexibility index (Phi) is 3.43. The first-order chi connectivity index (χ1) is 6.27. The summed E-state index contributed by atoms with van der Waals surface area (Å²) < 4.78 is 0. The Labute approximate surface area is 80.4 Å². The minimum absolute atomic E-state index is 0.296. The number of hydrogen-bond acceptors (Lipinski definition) is 2. The van der Waals surface area contributed by atoms with E-state index in [0.29, 0.717) is 5.56 Å². The lowest BCUT2D eigenvalue weighted by Crippen LogP contribution is -1.99. The van der Waals surface area contributed by atoms with Crippen LogP contribution in [-0.4, -0.2) is 23.0 Å². The zero-order chi connectivity index (χ0) is 9.68. The summed E-state index contributed by atoms with van der Waals surface area (Å²) in [6.45, 7) is 0. The fourth-order valence-electron chi connectivity index (χ4n) is 0.882. The van der Waals surface area contributed by atoms with Crippen LogP contribution < -0.4 is 0 Å². The lowest BCUT2D eigenvalue weighted by Gasteiger charge is -1.95. The fraction of sp³-hybridized carbons (Fsp3) is 0.111. The molecule has 0 aliphatic carbocycles. The van der Waals surface area contributed by atoms with Crippen molar-refractivity contribution in [1.82, 2.24) is 0 Å². The van der Waals surface area contributed by atoms with Crippen molar-refractivity contribution >= 4 is 23.8 Å². The molecule has 0 radical (unpaired) electrons. The zero-order valence-corrected chi connectivity index (χ0v) is 7.91. The molecule has 0 amide bonds. The molecule has 0 fully saturated rings. The summed E-state index contributed by atoms with van der Waals surface area (Å²) in [6, 6.07) is 7.11. The lowest BCUT2D eigenvalue weighted by molar-refractivity contribution is 0.00235. The topological polar surface area (TPSA) is 53.5 Å². The van der Waals surface area contributed by atoms with E-state index in [1.54, 1.807) is 23.9 Å². The Morgan fingerprint density at radius 3 is 2.54 bits per heavy atom. The van der Waals surface area contributed by atoms with Crippen molar-refractivity contribution < 1.29 is 9.58 Å². The number of hydrogen-bond donors (Lipinski definition) is 0. The molecular formula is C9H8N2OS. The van der Waals surface area contributed by atoms with Gasteiger partial charge in [0.25, 0.3) is 5.78 Å². The van der Waals surface area contributed by atoms with Gasteiger partial charge >= 0.3 is 6.21 Å². The van der Waals surface area contributed by atoms with Gasteiger partial charge in [0.1, 0.15) is 0 Å². The van der Waals surface area contributed by atoms with Gasteiger partial charge in [-0.25, -0.2) is 0 Å². The van der Waals surface area contributed by atoms with E-state index in [-0.39, 0.29) is 5.78 Å². The van der Waals surface area contributed by atoms with E-state index in [4.69, 9.17) is 5.53 Å². The second-order valence-electron chi connectivity index (χ2n) is 2.34. The van der Waals surface area contributed by atoms with Crippen LogP contribution in [0, 0.1) is 0 Å². The first-order valence-corrected chi connectivity index (χ1v) is 4.86. The molecule has 0 unspecified atom stereocenters. The van der Waals surface area contributed by atoms with Crippen LogP contribution in [0.4, 0.5) is 0 Å². The molecule has 0 aliphatic heterocycles. The first kappa shape index (κ1) is 9.71. The summed E-state index contributed by atoms with van der Waals surface area (Å²) in [4.78, 5) is 14.9. The number of Topliss-reactive ketones (excluding diaryl/α,β-unsaturated/α-hetero) is 1. The van der Waals surface area contributed by atoms with E-state index in [0.717, 1.165) is 11.1 Å². The average Bonchev–Trinajstić information content (AvgIpc) is 2.18. The fourth-order valence-corrected chi connectivity index (χ4v) is 1.29. The molecule has 3 nitrogen and oxygen atoms in total. The van der Waals surface area contributed by atoms with Gasteiger partial charge in [0, 0.05) is 10.5 Å². The highest BCUT2D eigenvalue weighted by atomic mass is 32.2. The summed E-state index contributed by atoms with van der Waals surface area (Å²) in [5.41, 5.74) is 8.67. The molecule has 4 heteroatoms. The van der Waals surface area contributed by atoms with Gasteiger partial charge in [0.05, 0.1) is 0 Å². The maximum Gasteiger partial charge on any atom is 0.328 e. The van der Waals surface area contributed by atoms with Gasteiger partial charge in [0.15, 0.2) is 0 Å². The molecule has 1 aromatic carbocycles. The predicted octanol–water partition coefficient (Wildman–Crippen LogP) is 1.89. The van der Waals surface area contributed by atoms with Gasteiger partial charge < -0.3 is 5.53 Å². The zero-order valence-electron chi connectivity index (χ0n) is 7.10. The van der Waals surface area contributed by atoms with Crippen molar-refractivity contribution in [3.63, 3.8) is 0 Å². The summed E-state index contributed by atoms with van der Waals surface area (Å²) in [7, 11) is 0. The van der Waals surface area contributed by atoms with E-state index in [2.05, 4.69) is 4.79 Å². The molecule has 0 atom stereocenters. The normalized spacial score (nSPS) is 9.00. The highest BCUT2D eigenvalue weighted by Crippen LogP contribution is 2.14. The van der Waals surface area contributed by atoms with E-state index in [1.165, 1.54) is 0 Å². The molecule has 0 saturated heterocycles. The van der Waals surface area contributed by atoms with Crippen molar-refractivity contribution in [2.45, 2.75) is 4.90 Å². The van der Waals surface area contributed by atoms with Gasteiger partial charge in [0.2, 0.25) is 0 Å². The molecular weight excluding hydrogens is 184 g/mol. The average molecular weight is 192 g/mol. The largest absolute Gasteiger partial charge is 0.361 e. The molecule has 66 valence electrons. The molecule has 0 aliphatic rings. The third-order valence-electron chi connectivity index (χ3n) is 1.55. The molecule has 1 rings (SSSR count). The Morgan fingerprint density at radius 1 is 1.46 bits per heavy atom. The monoisotopic (exact) mass is 192 g/mol.